The summed E-state index contributed by atoms with van der Waals surface area (Å²) in [5, 5.41) is 10.5. The zero-order chi connectivity index (χ0) is 61.7. The number of phosphoric ester groups is 2. The standard InChI is InChI=1S/C64H124O17P2/c1-8-10-11-12-13-18-22-31-38-45-61(66)74-51-60(81-64(69)48-41-34-26-24-29-36-43-56(5)6)54-79-83(72,73)77-50-58(65)49-76-82(70,71)78-53-59(52-75-62(67)46-39-32-27-25-30-37-44-57(7)9-2)80-63(68)47-40-33-23-20-17-15-14-16-19-21-28-35-42-55(3)4/h55-60,65H,8-54H2,1-7H3,(H,70,71)(H,72,73)/t57?,58-,59-,60-/m1/s1. The van der Waals surface area contributed by atoms with Gasteiger partial charge >= 0.3 is 39.5 Å². The van der Waals surface area contributed by atoms with Crippen LogP contribution in [-0.4, -0.2) is 96.7 Å². The first-order valence-electron chi connectivity index (χ1n) is 33.4. The minimum Gasteiger partial charge on any atom is -0.462 e. The van der Waals surface area contributed by atoms with E-state index in [2.05, 4.69) is 48.5 Å². The molecule has 3 N–H and O–H groups in total. The summed E-state index contributed by atoms with van der Waals surface area (Å²) >= 11 is 0. The number of ether oxygens (including phenoxy) is 4. The molecule has 0 aliphatic rings. The van der Waals surface area contributed by atoms with Crippen LogP contribution in [-0.2, 0) is 65.4 Å². The largest absolute Gasteiger partial charge is 0.472 e. The Balaban J connectivity index is 5.23. The van der Waals surface area contributed by atoms with Gasteiger partial charge in [-0.05, 0) is 43.4 Å². The second kappa shape index (κ2) is 55.4. The molecule has 0 amide bonds. The van der Waals surface area contributed by atoms with Gasteiger partial charge in [0.25, 0.3) is 0 Å². The van der Waals surface area contributed by atoms with Crippen molar-refractivity contribution in [1.29, 1.82) is 0 Å². The SMILES string of the molecule is CCCCCCCCCCCC(=O)OC[C@H](COP(=O)(O)OC[C@H](O)COP(=O)(O)OC[C@@H](COC(=O)CCCCCCCCC(C)CC)OC(=O)CCCCCCCCCCCCCCC(C)C)OC(=O)CCCCCCCCC(C)C. The van der Waals surface area contributed by atoms with Gasteiger partial charge < -0.3 is 33.8 Å². The predicted octanol–water partition coefficient (Wildman–Crippen LogP) is 17.5. The normalized spacial score (nSPS) is 14.7. The van der Waals surface area contributed by atoms with E-state index in [4.69, 9.17) is 37.0 Å². The fourth-order valence-corrected chi connectivity index (χ4v) is 11.0. The fourth-order valence-electron chi connectivity index (χ4n) is 9.45. The summed E-state index contributed by atoms with van der Waals surface area (Å²) in [5.74, 6) is 0.0358. The van der Waals surface area contributed by atoms with Gasteiger partial charge in [-0.1, -0.05) is 260 Å². The topological polar surface area (TPSA) is 237 Å². The highest BCUT2D eigenvalue weighted by Crippen LogP contribution is 2.45. The summed E-state index contributed by atoms with van der Waals surface area (Å²) in [5.41, 5.74) is 0. The van der Waals surface area contributed by atoms with E-state index in [9.17, 15) is 43.2 Å². The molecular formula is C64H124O17P2. The van der Waals surface area contributed by atoms with Gasteiger partial charge in [0.2, 0.25) is 0 Å². The summed E-state index contributed by atoms with van der Waals surface area (Å²) in [7, 11) is -9.89. The molecule has 0 radical (unpaired) electrons. The molecule has 0 saturated heterocycles. The molecule has 0 aliphatic heterocycles. The number of aliphatic hydroxyl groups excluding tert-OH is 1. The molecule has 83 heavy (non-hydrogen) atoms. The molecule has 0 aliphatic carbocycles. The lowest BCUT2D eigenvalue weighted by atomic mass is 10.00. The highest BCUT2D eigenvalue weighted by Gasteiger charge is 2.30. The minimum atomic E-state index is -4.95. The molecule has 3 unspecified atom stereocenters. The molecule has 492 valence electrons. The van der Waals surface area contributed by atoms with E-state index in [1.54, 1.807) is 0 Å². The summed E-state index contributed by atoms with van der Waals surface area (Å²) in [6.07, 6.45) is 36.4. The molecule has 0 fully saturated rings. The lowest BCUT2D eigenvalue weighted by Crippen LogP contribution is -2.30. The third kappa shape index (κ3) is 57.6. The highest BCUT2D eigenvalue weighted by atomic mass is 31.2. The van der Waals surface area contributed by atoms with E-state index in [1.807, 2.05) is 0 Å². The zero-order valence-corrected chi connectivity index (χ0v) is 55.4. The number of hydrogen-bond donors (Lipinski definition) is 3. The Labute approximate surface area is 505 Å². The molecule has 19 heteroatoms. The second-order valence-corrected chi connectivity index (χ2v) is 27.3. The Morgan fingerprint density at radius 2 is 0.614 bits per heavy atom. The number of carbonyl (C=O) groups is 4. The first-order chi connectivity index (χ1) is 39.8. The molecule has 0 rings (SSSR count). The molecule has 0 bridgehead atoms. The van der Waals surface area contributed by atoms with Gasteiger partial charge in [-0.15, -0.1) is 0 Å². The van der Waals surface area contributed by atoms with Crippen LogP contribution >= 0.6 is 15.6 Å². The molecule has 0 aromatic carbocycles. The maximum Gasteiger partial charge on any atom is 0.472 e. The van der Waals surface area contributed by atoms with E-state index < -0.39 is 97.5 Å². The number of aliphatic hydroxyl groups is 1. The van der Waals surface area contributed by atoms with E-state index in [1.165, 1.54) is 116 Å². The van der Waals surface area contributed by atoms with Gasteiger partial charge in [-0.3, -0.25) is 37.3 Å². The Kier molecular flexibility index (Phi) is 54.1. The Hall–Kier alpha value is -1.94. The number of esters is 4. The first-order valence-corrected chi connectivity index (χ1v) is 36.4. The van der Waals surface area contributed by atoms with Gasteiger partial charge in [-0.2, -0.15) is 0 Å². The molecular weight excluding hydrogens is 1100 g/mol. The Bertz CT molecular complexity index is 1650. The van der Waals surface area contributed by atoms with Crippen molar-refractivity contribution in [2.75, 3.05) is 39.6 Å². The maximum absolute atomic E-state index is 13.0. The van der Waals surface area contributed by atoms with Crippen LogP contribution in [0.25, 0.3) is 0 Å². The maximum atomic E-state index is 13.0. The van der Waals surface area contributed by atoms with Crippen molar-refractivity contribution in [2.45, 2.75) is 330 Å². The van der Waals surface area contributed by atoms with Crippen molar-refractivity contribution in [3.63, 3.8) is 0 Å². The predicted molar refractivity (Wildman–Crippen MR) is 331 cm³/mol. The summed E-state index contributed by atoms with van der Waals surface area (Å²) in [4.78, 5) is 72.1. The van der Waals surface area contributed by atoms with Crippen LogP contribution in [0, 0.1) is 17.8 Å². The molecule has 6 atom stereocenters. The summed E-state index contributed by atoms with van der Waals surface area (Å²) < 4.78 is 67.9. The lowest BCUT2D eigenvalue weighted by Gasteiger charge is -2.21. The first kappa shape index (κ1) is 81.1. The van der Waals surface area contributed by atoms with Crippen molar-refractivity contribution in [2.24, 2.45) is 17.8 Å². The van der Waals surface area contributed by atoms with Crippen LogP contribution in [0.3, 0.4) is 0 Å². The molecule has 0 saturated carbocycles. The number of phosphoric acid groups is 2. The van der Waals surface area contributed by atoms with Crippen molar-refractivity contribution in [3.8, 4) is 0 Å². The number of hydrogen-bond acceptors (Lipinski definition) is 15. The van der Waals surface area contributed by atoms with Crippen LogP contribution in [0.1, 0.15) is 312 Å². The van der Waals surface area contributed by atoms with Gasteiger partial charge in [0, 0.05) is 25.7 Å². The van der Waals surface area contributed by atoms with Crippen LogP contribution in [0.15, 0.2) is 0 Å². The van der Waals surface area contributed by atoms with E-state index in [0.29, 0.717) is 31.6 Å². The number of rotatable bonds is 62. The van der Waals surface area contributed by atoms with Gasteiger partial charge in [0.1, 0.15) is 19.3 Å². The highest BCUT2D eigenvalue weighted by molar-refractivity contribution is 7.47. The zero-order valence-electron chi connectivity index (χ0n) is 53.6. The quantitative estimate of drug-likeness (QED) is 0.0222. The number of carbonyl (C=O) groups excluding carboxylic acids is 4. The average molecular weight is 1230 g/mol. The summed E-state index contributed by atoms with van der Waals surface area (Å²) in [6.45, 7) is 11.7. The average Bonchev–Trinajstić information content (AvgIpc) is 3.44. The van der Waals surface area contributed by atoms with Gasteiger partial charge in [0.05, 0.1) is 26.4 Å². The van der Waals surface area contributed by atoms with Crippen molar-refractivity contribution < 1.29 is 80.2 Å². The van der Waals surface area contributed by atoms with Crippen molar-refractivity contribution >= 4 is 39.5 Å². The summed E-state index contributed by atoms with van der Waals surface area (Å²) in [6, 6.07) is 0. The van der Waals surface area contributed by atoms with Crippen molar-refractivity contribution in [1.82, 2.24) is 0 Å². The fraction of sp³-hybridized carbons (Fsp3) is 0.938. The van der Waals surface area contributed by atoms with Gasteiger partial charge in [0.15, 0.2) is 12.2 Å². The molecule has 0 aromatic heterocycles. The van der Waals surface area contributed by atoms with E-state index >= 15 is 0 Å². The van der Waals surface area contributed by atoms with Crippen molar-refractivity contribution in [3.05, 3.63) is 0 Å². The molecule has 17 nitrogen and oxygen atoms in total. The minimum absolute atomic E-state index is 0.102. The van der Waals surface area contributed by atoms with E-state index in [0.717, 1.165) is 108 Å². The smallest absolute Gasteiger partial charge is 0.462 e. The van der Waals surface area contributed by atoms with Gasteiger partial charge in [-0.25, -0.2) is 9.13 Å². The number of unbranched alkanes of at least 4 members (excludes halogenated alkanes) is 29. The molecule has 0 aromatic rings. The van der Waals surface area contributed by atoms with Crippen LogP contribution in [0.5, 0.6) is 0 Å². The second-order valence-electron chi connectivity index (χ2n) is 24.3. The third-order valence-electron chi connectivity index (χ3n) is 15.0. The Morgan fingerprint density at radius 3 is 0.916 bits per heavy atom. The monoisotopic (exact) mass is 1230 g/mol. The van der Waals surface area contributed by atoms with E-state index in [-0.39, 0.29) is 25.7 Å². The lowest BCUT2D eigenvalue weighted by molar-refractivity contribution is -0.161. The van der Waals surface area contributed by atoms with Crippen LogP contribution in [0.4, 0.5) is 0 Å². The molecule has 0 spiro atoms. The third-order valence-corrected chi connectivity index (χ3v) is 16.9. The van der Waals surface area contributed by atoms with Crippen LogP contribution in [0.2, 0.25) is 0 Å². The molecule has 0 heterocycles. The Morgan fingerprint density at radius 1 is 0.349 bits per heavy atom. The van der Waals surface area contributed by atoms with Crippen LogP contribution < -0.4 is 0 Å².